The third kappa shape index (κ3) is 3.80. The van der Waals surface area contributed by atoms with E-state index in [0.717, 1.165) is 5.69 Å². The highest BCUT2D eigenvalue weighted by Crippen LogP contribution is 2.39. The summed E-state index contributed by atoms with van der Waals surface area (Å²) in [6, 6.07) is 8.25. The van der Waals surface area contributed by atoms with E-state index in [0.29, 0.717) is 34.0 Å². The van der Waals surface area contributed by atoms with E-state index in [-0.39, 0.29) is 9.18 Å². The van der Waals surface area contributed by atoms with Crippen LogP contribution in [0.4, 0.5) is 11.6 Å². The number of H-pyrrole nitrogens is 1. The standard InChI is InChI=1S/C17H17ClN6O2S.3H2/c1-19-27(25,26)12-6-4-11(5-7-12)16-20-9-13(18)17(22-16)21-15-8-14(23-24-15)10-2-3-10;;;/h4-10,19H,2-3H2,1H3,(H2,20,21,22,23,24);3*1H. The van der Waals surface area contributed by atoms with E-state index in [4.69, 9.17) is 11.6 Å². The minimum absolute atomic E-state index is 0. The Bertz CT molecular complexity index is 1090. The van der Waals surface area contributed by atoms with E-state index in [1.165, 1.54) is 38.2 Å². The Morgan fingerprint density at radius 3 is 2.67 bits per heavy atom. The normalized spacial score (nSPS) is 14.3. The molecule has 2 aromatic heterocycles. The van der Waals surface area contributed by atoms with Crippen molar-refractivity contribution in [2.24, 2.45) is 0 Å². The molecule has 0 saturated heterocycles. The maximum absolute atomic E-state index is 11.8. The van der Waals surface area contributed by atoms with Crippen molar-refractivity contribution in [3.05, 3.63) is 47.2 Å². The molecule has 1 saturated carbocycles. The van der Waals surface area contributed by atoms with Gasteiger partial charge >= 0.3 is 0 Å². The molecule has 146 valence electrons. The first kappa shape index (κ1) is 17.9. The molecule has 0 atom stereocenters. The minimum atomic E-state index is -3.49. The van der Waals surface area contributed by atoms with Crippen molar-refractivity contribution >= 4 is 33.3 Å². The second-order valence-electron chi connectivity index (χ2n) is 6.23. The van der Waals surface area contributed by atoms with E-state index in [2.05, 4.69) is 30.2 Å². The molecule has 3 aromatic rings. The molecule has 1 aromatic carbocycles. The molecule has 27 heavy (non-hydrogen) atoms. The highest BCUT2D eigenvalue weighted by Gasteiger charge is 2.25. The summed E-state index contributed by atoms with van der Waals surface area (Å²) in [5, 5.41) is 10.7. The minimum Gasteiger partial charge on any atom is -0.322 e. The zero-order valence-corrected chi connectivity index (χ0v) is 16.0. The molecule has 3 N–H and O–H groups in total. The predicted molar refractivity (Wildman–Crippen MR) is 109 cm³/mol. The van der Waals surface area contributed by atoms with Gasteiger partial charge in [-0.15, -0.1) is 0 Å². The Morgan fingerprint density at radius 2 is 2.00 bits per heavy atom. The molecule has 2 heterocycles. The monoisotopic (exact) mass is 410 g/mol. The van der Waals surface area contributed by atoms with Crippen LogP contribution in [-0.2, 0) is 10.0 Å². The van der Waals surface area contributed by atoms with Crippen LogP contribution < -0.4 is 10.0 Å². The van der Waals surface area contributed by atoms with Gasteiger partial charge in [-0.25, -0.2) is 23.1 Å². The molecule has 0 radical (unpaired) electrons. The predicted octanol–water partition coefficient (Wildman–Crippen LogP) is 3.79. The van der Waals surface area contributed by atoms with Gasteiger partial charge in [-0.2, -0.15) is 5.10 Å². The number of aromatic amines is 1. The van der Waals surface area contributed by atoms with Crippen molar-refractivity contribution < 1.29 is 12.7 Å². The number of benzene rings is 1. The summed E-state index contributed by atoms with van der Waals surface area (Å²) in [6.07, 6.45) is 3.86. The number of nitrogens with one attached hydrogen (secondary N) is 3. The van der Waals surface area contributed by atoms with Crippen LogP contribution in [0, 0.1) is 0 Å². The fourth-order valence-corrected chi connectivity index (χ4v) is 3.49. The lowest BCUT2D eigenvalue weighted by atomic mass is 10.2. The van der Waals surface area contributed by atoms with E-state index >= 15 is 0 Å². The first-order valence-corrected chi connectivity index (χ1v) is 10.2. The SMILES string of the molecule is CNS(=O)(=O)c1ccc(-c2ncc(Cl)c(Nc3cc(C4CC4)[nH]n3)n2)cc1.[HH].[HH].[HH]. The maximum atomic E-state index is 11.8. The van der Waals surface area contributed by atoms with Gasteiger partial charge in [-0.3, -0.25) is 5.10 Å². The van der Waals surface area contributed by atoms with Crippen LogP contribution in [-0.4, -0.2) is 35.6 Å². The number of nitrogens with zero attached hydrogens (tertiary/aromatic N) is 3. The van der Waals surface area contributed by atoms with E-state index in [1.54, 1.807) is 12.1 Å². The second-order valence-corrected chi connectivity index (χ2v) is 8.52. The molecule has 0 aliphatic heterocycles. The van der Waals surface area contributed by atoms with Gasteiger partial charge in [0.1, 0.15) is 5.02 Å². The Balaban J connectivity index is 0.00000150. The van der Waals surface area contributed by atoms with Gasteiger partial charge < -0.3 is 5.32 Å². The Morgan fingerprint density at radius 1 is 1.26 bits per heavy atom. The van der Waals surface area contributed by atoms with Crippen LogP contribution in [0.5, 0.6) is 0 Å². The number of halogens is 1. The van der Waals surface area contributed by atoms with E-state index < -0.39 is 10.0 Å². The summed E-state index contributed by atoms with van der Waals surface area (Å²) in [5.41, 5.74) is 1.77. The molecule has 4 rings (SSSR count). The van der Waals surface area contributed by atoms with Crippen LogP contribution >= 0.6 is 11.6 Å². The number of aromatic nitrogens is 4. The summed E-state index contributed by atoms with van der Waals surface area (Å²) >= 11 is 6.21. The molecule has 0 spiro atoms. The molecule has 1 aliphatic rings. The van der Waals surface area contributed by atoms with Gasteiger partial charge in [-0.1, -0.05) is 11.6 Å². The van der Waals surface area contributed by atoms with Crippen LogP contribution in [0.2, 0.25) is 5.02 Å². The number of sulfonamides is 1. The third-order valence-corrected chi connectivity index (χ3v) is 6.00. The van der Waals surface area contributed by atoms with Gasteiger partial charge in [0.15, 0.2) is 17.5 Å². The smallest absolute Gasteiger partial charge is 0.240 e. The first-order chi connectivity index (χ1) is 13.0. The lowest BCUT2D eigenvalue weighted by Crippen LogP contribution is -2.18. The number of hydrogen-bond donors (Lipinski definition) is 3. The lowest BCUT2D eigenvalue weighted by molar-refractivity contribution is 0.588. The molecule has 1 aliphatic carbocycles. The zero-order valence-electron chi connectivity index (χ0n) is 14.4. The fourth-order valence-electron chi connectivity index (χ4n) is 2.62. The van der Waals surface area contributed by atoms with Crippen LogP contribution in [0.25, 0.3) is 11.4 Å². The quantitative estimate of drug-likeness (QED) is 0.569. The molecule has 10 heteroatoms. The molecular formula is C17H23ClN6O2S. The lowest BCUT2D eigenvalue weighted by Gasteiger charge is -2.08. The zero-order chi connectivity index (χ0) is 19.0. The second kappa shape index (κ2) is 6.91. The molecule has 1 fully saturated rings. The van der Waals surface area contributed by atoms with Crippen molar-refractivity contribution in [3.63, 3.8) is 0 Å². The topological polar surface area (TPSA) is 113 Å². The van der Waals surface area contributed by atoms with Crippen LogP contribution in [0.3, 0.4) is 0 Å². The highest BCUT2D eigenvalue weighted by atomic mass is 35.5. The fraction of sp³-hybridized carbons (Fsp3) is 0.235. The first-order valence-electron chi connectivity index (χ1n) is 8.35. The van der Waals surface area contributed by atoms with Gasteiger partial charge in [0.2, 0.25) is 10.0 Å². The molecule has 0 unspecified atom stereocenters. The van der Waals surface area contributed by atoms with Crippen molar-refractivity contribution in [2.75, 3.05) is 12.4 Å². The van der Waals surface area contributed by atoms with Gasteiger partial charge in [0.05, 0.1) is 11.1 Å². The highest BCUT2D eigenvalue weighted by molar-refractivity contribution is 7.89. The number of hydrogen-bond acceptors (Lipinski definition) is 6. The van der Waals surface area contributed by atoms with Gasteiger partial charge in [-0.05, 0) is 44.2 Å². The summed E-state index contributed by atoms with van der Waals surface area (Å²) in [5.74, 6) is 2.06. The summed E-state index contributed by atoms with van der Waals surface area (Å²) in [6.45, 7) is 0. The third-order valence-electron chi connectivity index (χ3n) is 4.30. The molecule has 8 nitrogen and oxygen atoms in total. The van der Waals surface area contributed by atoms with Gasteiger partial charge in [0.25, 0.3) is 0 Å². The van der Waals surface area contributed by atoms with Crippen LogP contribution in [0.15, 0.2) is 41.4 Å². The van der Waals surface area contributed by atoms with Crippen molar-refractivity contribution in [1.29, 1.82) is 0 Å². The van der Waals surface area contributed by atoms with Crippen LogP contribution in [0.1, 0.15) is 28.7 Å². The average Bonchev–Trinajstić information content (AvgIpc) is 3.43. The van der Waals surface area contributed by atoms with Crippen molar-refractivity contribution in [2.45, 2.75) is 23.7 Å². The number of anilines is 2. The van der Waals surface area contributed by atoms with Gasteiger partial charge in [0, 0.05) is 27.5 Å². The largest absolute Gasteiger partial charge is 0.322 e. The molecule has 0 amide bonds. The summed E-state index contributed by atoms with van der Waals surface area (Å²) < 4.78 is 25.9. The summed E-state index contributed by atoms with van der Waals surface area (Å²) in [4.78, 5) is 8.85. The Labute approximate surface area is 165 Å². The molecule has 0 bridgehead atoms. The summed E-state index contributed by atoms with van der Waals surface area (Å²) in [7, 11) is -2.12. The van der Waals surface area contributed by atoms with E-state index in [1.807, 2.05) is 6.07 Å². The Kier molecular flexibility index (Phi) is 4.58. The maximum Gasteiger partial charge on any atom is 0.240 e. The van der Waals surface area contributed by atoms with E-state index in [9.17, 15) is 8.42 Å². The number of rotatable bonds is 6. The molecular weight excluding hydrogens is 388 g/mol. The van der Waals surface area contributed by atoms with Crippen molar-refractivity contribution in [3.8, 4) is 11.4 Å². The Hall–Kier alpha value is -2.49. The average molecular weight is 411 g/mol. The van der Waals surface area contributed by atoms with Crippen molar-refractivity contribution in [1.82, 2.24) is 24.9 Å².